The van der Waals surface area contributed by atoms with Crippen molar-refractivity contribution in [3.05, 3.63) is 54.2 Å². The SMILES string of the molecule is Cn1nc(-c2ccccn2)nc1-c1ccccc1CO. The zero-order valence-electron chi connectivity index (χ0n) is 11.1. The minimum absolute atomic E-state index is 0.0258. The van der Waals surface area contributed by atoms with Gasteiger partial charge in [-0.2, -0.15) is 0 Å². The lowest BCUT2D eigenvalue weighted by atomic mass is 10.1. The largest absolute Gasteiger partial charge is 0.392 e. The second-order valence-electron chi connectivity index (χ2n) is 4.41. The first kappa shape index (κ1) is 12.5. The first-order chi connectivity index (χ1) is 9.79. The second kappa shape index (κ2) is 5.22. The Hall–Kier alpha value is -2.53. The number of benzene rings is 1. The van der Waals surface area contributed by atoms with E-state index in [-0.39, 0.29) is 6.61 Å². The first-order valence-electron chi connectivity index (χ1n) is 6.31. The molecule has 5 nitrogen and oxygen atoms in total. The molecular formula is C15H14N4O. The summed E-state index contributed by atoms with van der Waals surface area (Å²) in [4.78, 5) is 8.79. The van der Waals surface area contributed by atoms with Crippen LogP contribution in [0.3, 0.4) is 0 Å². The Kier molecular flexibility index (Phi) is 3.26. The summed E-state index contributed by atoms with van der Waals surface area (Å²) in [6.45, 7) is -0.0258. The van der Waals surface area contributed by atoms with Gasteiger partial charge in [0.2, 0.25) is 0 Å². The smallest absolute Gasteiger partial charge is 0.200 e. The highest BCUT2D eigenvalue weighted by atomic mass is 16.3. The molecule has 0 radical (unpaired) electrons. The molecule has 0 fully saturated rings. The molecule has 0 atom stereocenters. The van der Waals surface area contributed by atoms with Gasteiger partial charge in [0.1, 0.15) is 5.69 Å². The van der Waals surface area contributed by atoms with Crippen LogP contribution in [0.5, 0.6) is 0 Å². The van der Waals surface area contributed by atoms with Gasteiger partial charge in [0.05, 0.1) is 6.61 Å². The molecule has 100 valence electrons. The molecule has 0 aliphatic rings. The molecule has 0 aliphatic heterocycles. The van der Waals surface area contributed by atoms with Crippen LogP contribution in [0.25, 0.3) is 22.9 Å². The van der Waals surface area contributed by atoms with E-state index in [0.29, 0.717) is 5.82 Å². The van der Waals surface area contributed by atoms with Gasteiger partial charge < -0.3 is 5.11 Å². The van der Waals surface area contributed by atoms with Crippen LogP contribution in [0.1, 0.15) is 5.56 Å². The summed E-state index contributed by atoms with van der Waals surface area (Å²) >= 11 is 0. The summed E-state index contributed by atoms with van der Waals surface area (Å²) in [7, 11) is 1.84. The molecule has 3 rings (SSSR count). The highest BCUT2D eigenvalue weighted by Gasteiger charge is 2.14. The fraction of sp³-hybridized carbons (Fsp3) is 0.133. The Morgan fingerprint density at radius 1 is 1.10 bits per heavy atom. The van der Waals surface area contributed by atoms with Gasteiger partial charge in [0, 0.05) is 18.8 Å². The predicted molar refractivity (Wildman–Crippen MR) is 75.6 cm³/mol. The monoisotopic (exact) mass is 266 g/mol. The van der Waals surface area contributed by atoms with Crippen LogP contribution >= 0.6 is 0 Å². The third-order valence-electron chi connectivity index (χ3n) is 3.09. The quantitative estimate of drug-likeness (QED) is 0.788. The van der Waals surface area contributed by atoms with Crippen LogP contribution in [0, 0.1) is 0 Å². The van der Waals surface area contributed by atoms with Gasteiger partial charge >= 0.3 is 0 Å². The summed E-state index contributed by atoms with van der Waals surface area (Å²) in [5, 5.41) is 13.8. The van der Waals surface area contributed by atoms with Crippen molar-refractivity contribution in [1.29, 1.82) is 0 Å². The molecule has 20 heavy (non-hydrogen) atoms. The Labute approximate surface area is 116 Å². The topological polar surface area (TPSA) is 63.8 Å². The zero-order valence-corrected chi connectivity index (χ0v) is 11.1. The van der Waals surface area contributed by atoms with Gasteiger partial charge in [-0.1, -0.05) is 30.3 Å². The van der Waals surface area contributed by atoms with E-state index in [4.69, 9.17) is 0 Å². The summed E-state index contributed by atoms with van der Waals surface area (Å²) in [5.74, 6) is 1.30. The van der Waals surface area contributed by atoms with Crippen molar-refractivity contribution in [2.24, 2.45) is 7.05 Å². The van der Waals surface area contributed by atoms with Crippen LogP contribution in [0.4, 0.5) is 0 Å². The number of aromatic nitrogens is 4. The molecule has 0 aliphatic carbocycles. The maximum Gasteiger partial charge on any atom is 0.200 e. The molecule has 3 aromatic rings. The summed E-state index contributed by atoms with van der Waals surface area (Å²) in [6.07, 6.45) is 1.72. The molecule has 1 aromatic carbocycles. The lowest BCUT2D eigenvalue weighted by Gasteiger charge is -2.05. The summed E-state index contributed by atoms with van der Waals surface area (Å²) in [6, 6.07) is 13.3. The fourth-order valence-corrected chi connectivity index (χ4v) is 2.10. The van der Waals surface area contributed by atoms with E-state index in [2.05, 4.69) is 15.1 Å². The number of hydrogen-bond acceptors (Lipinski definition) is 4. The first-order valence-corrected chi connectivity index (χ1v) is 6.31. The summed E-state index contributed by atoms with van der Waals surface area (Å²) in [5.41, 5.74) is 2.44. The van der Waals surface area contributed by atoms with Gasteiger partial charge in [-0.3, -0.25) is 4.98 Å². The van der Waals surface area contributed by atoms with Crippen molar-refractivity contribution in [3.8, 4) is 22.9 Å². The average Bonchev–Trinajstić information content (AvgIpc) is 2.90. The molecule has 0 saturated carbocycles. The molecule has 0 unspecified atom stereocenters. The number of pyridine rings is 1. The molecule has 5 heteroatoms. The highest BCUT2D eigenvalue weighted by molar-refractivity contribution is 5.63. The third kappa shape index (κ3) is 2.19. The number of aryl methyl sites for hydroxylation is 1. The maximum atomic E-state index is 9.42. The number of aliphatic hydroxyl groups is 1. The van der Waals surface area contributed by atoms with Gasteiger partial charge in [0.25, 0.3) is 0 Å². The molecular weight excluding hydrogens is 252 g/mol. The molecule has 0 bridgehead atoms. The third-order valence-corrected chi connectivity index (χ3v) is 3.09. The Balaban J connectivity index is 2.10. The van der Waals surface area contributed by atoms with Crippen LogP contribution in [-0.2, 0) is 13.7 Å². The standard InChI is InChI=1S/C15H14N4O/c1-19-15(12-7-3-2-6-11(12)10-20)17-14(18-19)13-8-4-5-9-16-13/h2-9,20H,10H2,1H3. The van der Waals surface area contributed by atoms with E-state index in [1.165, 1.54) is 0 Å². The predicted octanol–water partition coefficient (Wildman–Crippen LogP) is 2.04. The van der Waals surface area contributed by atoms with E-state index >= 15 is 0 Å². The van der Waals surface area contributed by atoms with Crippen molar-refractivity contribution in [2.45, 2.75) is 6.61 Å². The van der Waals surface area contributed by atoms with Gasteiger partial charge in [-0.05, 0) is 17.7 Å². The number of nitrogens with zero attached hydrogens (tertiary/aromatic N) is 4. The molecule has 2 aromatic heterocycles. The van der Waals surface area contributed by atoms with Gasteiger partial charge in [0.15, 0.2) is 11.6 Å². The van der Waals surface area contributed by atoms with Crippen molar-refractivity contribution in [2.75, 3.05) is 0 Å². The average molecular weight is 266 g/mol. The van der Waals surface area contributed by atoms with Crippen LogP contribution in [-0.4, -0.2) is 24.9 Å². The Morgan fingerprint density at radius 2 is 1.90 bits per heavy atom. The Bertz CT molecular complexity index is 722. The van der Waals surface area contributed by atoms with Crippen LogP contribution in [0.2, 0.25) is 0 Å². The molecule has 2 heterocycles. The number of aliphatic hydroxyl groups excluding tert-OH is 1. The second-order valence-corrected chi connectivity index (χ2v) is 4.41. The highest BCUT2D eigenvalue weighted by Crippen LogP contribution is 2.23. The normalized spacial score (nSPS) is 10.7. The maximum absolute atomic E-state index is 9.42. The van der Waals surface area contributed by atoms with E-state index < -0.39 is 0 Å². The van der Waals surface area contributed by atoms with E-state index in [1.807, 2.05) is 49.5 Å². The van der Waals surface area contributed by atoms with Gasteiger partial charge in [-0.15, -0.1) is 5.10 Å². The van der Waals surface area contributed by atoms with E-state index in [0.717, 1.165) is 22.6 Å². The van der Waals surface area contributed by atoms with Crippen molar-refractivity contribution in [1.82, 2.24) is 19.7 Å². The zero-order chi connectivity index (χ0) is 13.9. The minimum atomic E-state index is -0.0258. The van der Waals surface area contributed by atoms with Crippen molar-refractivity contribution in [3.63, 3.8) is 0 Å². The van der Waals surface area contributed by atoms with Crippen LogP contribution in [0.15, 0.2) is 48.7 Å². The number of hydrogen-bond donors (Lipinski definition) is 1. The minimum Gasteiger partial charge on any atom is -0.392 e. The van der Waals surface area contributed by atoms with Crippen molar-refractivity contribution < 1.29 is 5.11 Å². The fourth-order valence-electron chi connectivity index (χ4n) is 2.10. The molecule has 0 saturated heterocycles. The van der Waals surface area contributed by atoms with Crippen molar-refractivity contribution >= 4 is 0 Å². The van der Waals surface area contributed by atoms with Gasteiger partial charge in [-0.25, -0.2) is 9.67 Å². The summed E-state index contributed by atoms with van der Waals surface area (Å²) < 4.78 is 1.71. The Morgan fingerprint density at radius 3 is 2.65 bits per heavy atom. The number of rotatable bonds is 3. The molecule has 0 amide bonds. The van der Waals surface area contributed by atoms with E-state index in [1.54, 1.807) is 10.9 Å². The lowest BCUT2D eigenvalue weighted by molar-refractivity contribution is 0.282. The lowest BCUT2D eigenvalue weighted by Crippen LogP contribution is -1.97. The molecule has 1 N–H and O–H groups in total. The van der Waals surface area contributed by atoms with Crippen LogP contribution < -0.4 is 0 Å². The van der Waals surface area contributed by atoms with E-state index in [9.17, 15) is 5.11 Å². The molecule has 0 spiro atoms.